The van der Waals surface area contributed by atoms with Crippen LogP contribution in [0.4, 0.5) is 5.69 Å². The van der Waals surface area contributed by atoms with Crippen LogP contribution in [-0.2, 0) is 0 Å². The van der Waals surface area contributed by atoms with Crippen LogP contribution < -0.4 is 11.1 Å². The Balaban J connectivity index is 0.00000220. The zero-order valence-electron chi connectivity index (χ0n) is 13.3. The smallest absolute Gasteiger partial charge is 0.0410 e. The molecule has 3 N–H and O–H groups in total. The van der Waals surface area contributed by atoms with Crippen molar-refractivity contribution in [2.75, 3.05) is 31.9 Å². The zero-order valence-corrected chi connectivity index (χ0v) is 15.7. The molecule has 1 saturated heterocycles. The van der Waals surface area contributed by atoms with Gasteiger partial charge in [0.15, 0.2) is 0 Å². The molecule has 0 unspecified atom stereocenters. The van der Waals surface area contributed by atoms with Gasteiger partial charge in [0.05, 0.1) is 0 Å². The van der Waals surface area contributed by atoms with E-state index in [2.05, 4.69) is 24.1 Å². The standard InChI is InChI=1S/C16H26ClN3.2ClH/c1-12(2)3-6-16(20-9-7-19-8-10-20)14-11-13(17)4-5-15(14)18;;/h4-5,11-12,16,19H,3,6-10,18H2,1-2H3;2*1H/t16-;;/m0../s1. The van der Waals surface area contributed by atoms with Crippen LogP contribution in [0.2, 0.25) is 5.02 Å². The van der Waals surface area contributed by atoms with Crippen molar-refractivity contribution in [3.05, 3.63) is 28.8 Å². The van der Waals surface area contributed by atoms with Crippen LogP contribution in [0.3, 0.4) is 0 Å². The average molecular weight is 369 g/mol. The average Bonchev–Trinajstić information content (AvgIpc) is 2.43. The predicted octanol–water partition coefficient (Wildman–Crippen LogP) is 4.15. The van der Waals surface area contributed by atoms with E-state index in [0.29, 0.717) is 12.0 Å². The fraction of sp³-hybridized carbons (Fsp3) is 0.625. The molecule has 0 radical (unpaired) electrons. The maximum atomic E-state index is 6.20. The van der Waals surface area contributed by atoms with Gasteiger partial charge in [-0.05, 0) is 42.5 Å². The molecule has 1 fully saturated rings. The molecule has 2 rings (SSSR count). The molecule has 6 heteroatoms. The van der Waals surface area contributed by atoms with Gasteiger partial charge in [0, 0.05) is 42.9 Å². The van der Waals surface area contributed by atoms with Gasteiger partial charge in [-0.15, -0.1) is 24.8 Å². The molecule has 0 bridgehead atoms. The van der Waals surface area contributed by atoms with Gasteiger partial charge in [-0.3, -0.25) is 4.90 Å². The van der Waals surface area contributed by atoms with Crippen molar-refractivity contribution in [3.8, 4) is 0 Å². The first kappa shape index (κ1) is 21.8. The molecule has 1 heterocycles. The van der Waals surface area contributed by atoms with Crippen molar-refractivity contribution < 1.29 is 0 Å². The van der Waals surface area contributed by atoms with E-state index in [9.17, 15) is 0 Å². The molecule has 1 aromatic rings. The fourth-order valence-electron chi connectivity index (χ4n) is 2.85. The van der Waals surface area contributed by atoms with Crippen LogP contribution in [0.1, 0.15) is 38.3 Å². The lowest BCUT2D eigenvalue weighted by molar-refractivity contribution is 0.160. The third kappa shape index (κ3) is 6.13. The van der Waals surface area contributed by atoms with Crippen LogP contribution in [-0.4, -0.2) is 31.1 Å². The lowest BCUT2D eigenvalue weighted by atomic mass is 9.94. The summed E-state index contributed by atoms with van der Waals surface area (Å²) >= 11 is 6.18. The maximum Gasteiger partial charge on any atom is 0.0410 e. The second-order valence-corrected chi connectivity index (χ2v) is 6.48. The monoisotopic (exact) mass is 367 g/mol. The SMILES string of the molecule is CC(C)CC[C@@H](c1cc(Cl)ccc1N)N1CCNCC1.Cl.Cl. The van der Waals surface area contributed by atoms with E-state index in [4.69, 9.17) is 17.3 Å². The Hall–Kier alpha value is -0.190. The minimum Gasteiger partial charge on any atom is -0.398 e. The van der Waals surface area contributed by atoms with E-state index >= 15 is 0 Å². The van der Waals surface area contributed by atoms with Gasteiger partial charge >= 0.3 is 0 Å². The largest absolute Gasteiger partial charge is 0.398 e. The van der Waals surface area contributed by atoms with Crippen LogP contribution in [0.5, 0.6) is 0 Å². The number of nitrogen functional groups attached to an aromatic ring is 1. The first-order chi connectivity index (χ1) is 9.58. The number of hydrogen-bond acceptors (Lipinski definition) is 3. The molecule has 0 amide bonds. The highest BCUT2D eigenvalue weighted by Gasteiger charge is 2.24. The molecule has 0 saturated carbocycles. The number of hydrogen-bond donors (Lipinski definition) is 2. The Labute approximate surface area is 151 Å². The molecule has 1 aromatic carbocycles. The molecular formula is C16H28Cl3N3. The van der Waals surface area contributed by atoms with Crippen molar-refractivity contribution >= 4 is 42.1 Å². The first-order valence-electron chi connectivity index (χ1n) is 7.57. The summed E-state index contributed by atoms with van der Waals surface area (Å²) in [5.41, 5.74) is 8.26. The molecule has 128 valence electrons. The Morgan fingerprint density at radius 2 is 1.82 bits per heavy atom. The van der Waals surface area contributed by atoms with Gasteiger partial charge in [0.2, 0.25) is 0 Å². The number of benzene rings is 1. The molecule has 0 aromatic heterocycles. The predicted molar refractivity (Wildman–Crippen MR) is 102 cm³/mol. The molecule has 1 aliphatic rings. The first-order valence-corrected chi connectivity index (χ1v) is 7.95. The lowest BCUT2D eigenvalue weighted by Gasteiger charge is -2.36. The Morgan fingerprint density at radius 1 is 1.18 bits per heavy atom. The van der Waals surface area contributed by atoms with Gasteiger partial charge in [0.1, 0.15) is 0 Å². The van der Waals surface area contributed by atoms with Crippen LogP contribution in [0.15, 0.2) is 18.2 Å². The summed E-state index contributed by atoms with van der Waals surface area (Å²) in [5, 5.41) is 4.19. The lowest BCUT2D eigenvalue weighted by Crippen LogP contribution is -2.45. The Bertz CT molecular complexity index is 435. The van der Waals surface area contributed by atoms with E-state index < -0.39 is 0 Å². The Kier molecular flexibility index (Phi) is 10.5. The molecular weight excluding hydrogens is 341 g/mol. The second kappa shape index (κ2) is 10.6. The molecule has 22 heavy (non-hydrogen) atoms. The number of halogens is 3. The van der Waals surface area contributed by atoms with Crippen molar-refractivity contribution in [1.82, 2.24) is 10.2 Å². The highest BCUT2D eigenvalue weighted by atomic mass is 35.5. The molecule has 0 aliphatic carbocycles. The highest BCUT2D eigenvalue weighted by molar-refractivity contribution is 6.30. The van der Waals surface area contributed by atoms with Crippen LogP contribution in [0.25, 0.3) is 0 Å². The van der Waals surface area contributed by atoms with Crippen LogP contribution >= 0.6 is 36.4 Å². The number of nitrogens with one attached hydrogen (secondary N) is 1. The second-order valence-electron chi connectivity index (χ2n) is 6.05. The number of nitrogens with two attached hydrogens (primary N) is 1. The molecule has 1 atom stereocenters. The normalized spacial score (nSPS) is 16.7. The van der Waals surface area contributed by atoms with Crippen molar-refractivity contribution in [1.29, 1.82) is 0 Å². The third-order valence-electron chi connectivity index (χ3n) is 4.02. The summed E-state index contributed by atoms with van der Waals surface area (Å²) in [7, 11) is 0. The molecule has 0 spiro atoms. The third-order valence-corrected chi connectivity index (χ3v) is 4.25. The van der Waals surface area contributed by atoms with E-state index in [1.807, 2.05) is 18.2 Å². The highest BCUT2D eigenvalue weighted by Crippen LogP contribution is 2.33. The maximum absolute atomic E-state index is 6.20. The number of anilines is 1. The summed E-state index contributed by atoms with van der Waals surface area (Å²) in [5.74, 6) is 0.709. The fourth-order valence-corrected chi connectivity index (χ4v) is 3.03. The number of nitrogens with zero attached hydrogens (tertiary/aromatic N) is 1. The van der Waals surface area contributed by atoms with Gasteiger partial charge in [0.25, 0.3) is 0 Å². The van der Waals surface area contributed by atoms with E-state index in [1.54, 1.807) is 0 Å². The van der Waals surface area contributed by atoms with E-state index in [0.717, 1.165) is 43.3 Å². The zero-order chi connectivity index (χ0) is 14.5. The molecule has 3 nitrogen and oxygen atoms in total. The summed E-state index contributed by atoms with van der Waals surface area (Å²) in [4.78, 5) is 2.54. The summed E-state index contributed by atoms with van der Waals surface area (Å²) < 4.78 is 0. The van der Waals surface area contributed by atoms with Crippen molar-refractivity contribution in [2.45, 2.75) is 32.7 Å². The number of rotatable bonds is 5. The van der Waals surface area contributed by atoms with Crippen molar-refractivity contribution in [2.24, 2.45) is 5.92 Å². The quantitative estimate of drug-likeness (QED) is 0.767. The number of piperazine rings is 1. The van der Waals surface area contributed by atoms with Gasteiger partial charge in [-0.25, -0.2) is 0 Å². The topological polar surface area (TPSA) is 41.3 Å². The minimum absolute atomic E-state index is 0. The summed E-state index contributed by atoms with van der Waals surface area (Å²) in [6.45, 7) is 8.81. The Morgan fingerprint density at radius 3 is 2.41 bits per heavy atom. The van der Waals surface area contributed by atoms with Crippen molar-refractivity contribution in [3.63, 3.8) is 0 Å². The van der Waals surface area contributed by atoms with Gasteiger partial charge in [-0.1, -0.05) is 25.4 Å². The van der Waals surface area contributed by atoms with Gasteiger partial charge < -0.3 is 11.1 Å². The van der Waals surface area contributed by atoms with Crippen LogP contribution in [0, 0.1) is 5.92 Å². The summed E-state index contributed by atoms with van der Waals surface area (Å²) in [6, 6.07) is 6.24. The minimum atomic E-state index is 0. The van der Waals surface area contributed by atoms with E-state index in [-0.39, 0.29) is 24.8 Å². The van der Waals surface area contributed by atoms with Gasteiger partial charge in [-0.2, -0.15) is 0 Å². The molecule has 1 aliphatic heterocycles. The van der Waals surface area contributed by atoms with E-state index in [1.165, 1.54) is 12.0 Å². The summed E-state index contributed by atoms with van der Waals surface area (Å²) in [6.07, 6.45) is 2.35.